The van der Waals surface area contributed by atoms with Gasteiger partial charge in [-0.25, -0.2) is 0 Å². The third-order valence-corrected chi connectivity index (χ3v) is 4.16. The second-order valence-electron chi connectivity index (χ2n) is 5.11. The molecule has 2 unspecified atom stereocenters. The molecule has 0 bridgehead atoms. The van der Waals surface area contributed by atoms with E-state index >= 15 is 0 Å². The number of methoxy groups -OCH3 is 1. The molecule has 0 radical (unpaired) electrons. The number of benzene rings is 1. The Labute approximate surface area is 96.4 Å². The highest BCUT2D eigenvalue weighted by molar-refractivity contribution is 5.64. The summed E-state index contributed by atoms with van der Waals surface area (Å²) in [4.78, 5) is 2.40. The molecule has 3 nitrogen and oxygen atoms in total. The van der Waals surface area contributed by atoms with Crippen LogP contribution in [0.5, 0.6) is 5.75 Å². The van der Waals surface area contributed by atoms with Crippen LogP contribution in [-0.4, -0.2) is 31.8 Å². The van der Waals surface area contributed by atoms with Crippen molar-refractivity contribution in [2.24, 2.45) is 0 Å². The maximum absolute atomic E-state index is 5.32. The molecule has 3 heteroatoms. The summed E-state index contributed by atoms with van der Waals surface area (Å²) in [6.45, 7) is 3.50. The van der Waals surface area contributed by atoms with E-state index < -0.39 is 0 Å². The van der Waals surface area contributed by atoms with Crippen molar-refractivity contribution in [1.82, 2.24) is 4.90 Å². The van der Waals surface area contributed by atoms with Crippen LogP contribution >= 0.6 is 0 Å². The number of nitrogens with zero attached hydrogens (tertiary/aromatic N) is 1. The van der Waals surface area contributed by atoms with Crippen LogP contribution in [0.1, 0.15) is 18.9 Å². The maximum Gasteiger partial charge on any atom is 0.119 e. The molecule has 0 amide bonds. The molecule has 1 aromatic rings. The van der Waals surface area contributed by atoms with Gasteiger partial charge in [0.15, 0.2) is 0 Å². The molecule has 1 aromatic carbocycles. The number of fused-ring (bicyclic) bond motifs is 3. The molecule has 1 N–H and O–H groups in total. The van der Waals surface area contributed by atoms with E-state index in [4.69, 9.17) is 4.74 Å². The fourth-order valence-corrected chi connectivity index (χ4v) is 3.11. The highest BCUT2D eigenvalue weighted by Gasteiger charge is 2.49. The van der Waals surface area contributed by atoms with Gasteiger partial charge in [-0.3, -0.25) is 4.90 Å². The van der Waals surface area contributed by atoms with E-state index in [0.717, 1.165) is 12.3 Å². The molecule has 2 aliphatic heterocycles. The number of anilines is 1. The van der Waals surface area contributed by atoms with Gasteiger partial charge < -0.3 is 10.1 Å². The van der Waals surface area contributed by atoms with Gasteiger partial charge in [0.25, 0.3) is 0 Å². The largest absolute Gasteiger partial charge is 0.497 e. The van der Waals surface area contributed by atoms with Crippen molar-refractivity contribution in [2.45, 2.75) is 24.9 Å². The van der Waals surface area contributed by atoms with Gasteiger partial charge in [0.05, 0.1) is 13.3 Å². The average molecular weight is 218 g/mol. The predicted octanol–water partition coefficient (Wildman–Crippen LogP) is 2.04. The first kappa shape index (κ1) is 9.97. The minimum Gasteiger partial charge on any atom is -0.497 e. The summed E-state index contributed by atoms with van der Waals surface area (Å²) in [5.74, 6) is 0.956. The number of likely N-dealkylation sites (N-methyl/N-ethyl adjacent to an activating group) is 1. The molecule has 3 rings (SSSR count). The van der Waals surface area contributed by atoms with E-state index in [1.54, 1.807) is 7.11 Å². The van der Waals surface area contributed by atoms with Crippen molar-refractivity contribution in [3.8, 4) is 5.75 Å². The van der Waals surface area contributed by atoms with E-state index in [2.05, 4.69) is 36.3 Å². The summed E-state index contributed by atoms with van der Waals surface area (Å²) in [6, 6.07) is 6.34. The first-order chi connectivity index (χ1) is 7.65. The monoisotopic (exact) mass is 218 g/mol. The fourth-order valence-electron chi connectivity index (χ4n) is 3.11. The minimum absolute atomic E-state index is 0.235. The number of ether oxygens (including phenoxy) is 1. The molecule has 1 saturated heterocycles. The Balaban J connectivity index is 2.09. The lowest BCUT2D eigenvalue weighted by Gasteiger charge is -2.27. The van der Waals surface area contributed by atoms with E-state index in [1.807, 2.05) is 6.07 Å². The van der Waals surface area contributed by atoms with Crippen LogP contribution in [0.2, 0.25) is 0 Å². The molecule has 2 aliphatic rings. The Morgan fingerprint density at radius 1 is 1.50 bits per heavy atom. The van der Waals surface area contributed by atoms with Crippen LogP contribution < -0.4 is 10.1 Å². The zero-order chi connectivity index (χ0) is 11.3. The van der Waals surface area contributed by atoms with Crippen molar-refractivity contribution in [1.29, 1.82) is 0 Å². The van der Waals surface area contributed by atoms with Crippen LogP contribution in [0.15, 0.2) is 18.2 Å². The van der Waals surface area contributed by atoms with Gasteiger partial charge in [-0.05, 0) is 37.2 Å². The molecule has 0 aromatic heterocycles. The summed E-state index contributed by atoms with van der Waals surface area (Å²) < 4.78 is 5.32. The molecule has 2 atom stereocenters. The molecule has 0 saturated carbocycles. The summed E-state index contributed by atoms with van der Waals surface area (Å²) in [5, 5.41) is 3.61. The lowest BCUT2D eigenvalue weighted by molar-refractivity contribution is 0.297. The third-order valence-electron chi connectivity index (χ3n) is 4.16. The summed E-state index contributed by atoms with van der Waals surface area (Å²) >= 11 is 0. The SMILES string of the molecule is COc1ccc2c(c1)C1(C)CCN(C)C1N2. The highest BCUT2D eigenvalue weighted by Crippen LogP contribution is 2.48. The molecule has 0 aliphatic carbocycles. The highest BCUT2D eigenvalue weighted by atomic mass is 16.5. The Bertz CT molecular complexity index is 432. The number of likely N-dealkylation sites (tertiary alicyclic amines) is 1. The Kier molecular flexibility index (Phi) is 1.96. The van der Waals surface area contributed by atoms with Gasteiger partial charge in [0.1, 0.15) is 5.75 Å². The standard InChI is InChI=1S/C13H18N2O/c1-13-6-7-15(2)12(13)14-11-5-4-9(16-3)8-10(11)13/h4-5,8,12,14H,6-7H2,1-3H3. The van der Waals surface area contributed by atoms with Crippen LogP contribution in [0.3, 0.4) is 0 Å². The van der Waals surface area contributed by atoms with Crippen molar-refractivity contribution in [2.75, 3.05) is 26.0 Å². The Morgan fingerprint density at radius 2 is 2.31 bits per heavy atom. The number of rotatable bonds is 1. The normalized spacial score (nSPS) is 32.1. The first-order valence-electron chi connectivity index (χ1n) is 5.80. The molecule has 86 valence electrons. The first-order valence-corrected chi connectivity index (χ1v) is 5.80. The van der Waals surface area contributed by atoms with Gasteiger partial charge in [-0.15, -0.1) is 0 Å². The van der Waals surface area contributed by atoms with Gasteiger partial charge in [0.2, 0.25) is 0 Å². The quantitative estimate of drug-likeness (QED) is 0.780. The fraction of sp³-hybridized carbons (Fsp3) is 0.538. The van der Waals surface area contributed by atoms with Crippen molar-refractivity contribution in [3.05, 3.63) is 23.8 Å². The van der Waals surface area contributed by atoms with Crippen molar-refractivity contribution >= 4 is 5.69 Å². The zero-order valence-corrected chi connectivity index (χ0v) is 10.1. The predicted molar refractivity (Wildman–Crippen MR) is 65.0 cm³/mol. The van der Waals surface area contributed by atoms with Gasteiger partial charge in [0, 0.05) is 17.6 Å². The van der Waals surface area contributed by atoms with Crippen LogP contribution in [0.25, 0.3) is 0 Å². The molecular weight excluding hydrogens is 200 g/mol. The van der Waals surface area contributed by atoms with E-state index in [1.165, 1.54) is 17.7 Å². The summed E-state index contributed by atoms with van der Waals surface area (Å²) in [7, 11) is 3.91. The molecular formula is C13H18N2O. The molecule has 1 fully saturated rings. The van der Waals surface area contributed by atoms with Gasteiger partial charge in [-0.2, -0.15) is 0 Å². The van der Waals surface area contributed by atoms with E-state index in [0.29, 0.717) is 6.17 Å². The smallest absolute Gasteiger partial charge is 0.119 e. The topological polar surface area (TPSA) is 24.5 Å². The summed E-state index contributed by atoms with van der Waals surface area (Å²) in [5.41, 5.74) is 2.90. The van der Waals surface area contributed by atoms with Crippen LogP contribution in [0, 0.1) is 0 Å². The Morgan fingerprint density at radius 3 is 3.06 bits per heavy atom. The molecule has 0 spiro atoms. The summed E-state index contributed by atoms with van der Waals surface area (Å²) in [6.07, 6.45) is 1.65. The van der Waals surface area contributed by atoms with Gasteiger partial charge in [-0.1, -0.05) is 6.92 Å². The van der Waals surface area contributed by atoms with E-state index in [-0.39, 0.29) is 5.41 Å². The van der Waals surface area contributed by atoms with Crippen LogP contribution in [-0.2, 0) is 5.41 Å². The minimum atomic E-state index is 0.235. The average Bonchev–Trinajstić information content (AvgIpc) is 2.74. The lowest BCUT2D eigenvalue weighted by Crippen LogP contribution is -2.39. The van der Waals surface area contributed by atoms with Gasteiger partial charge >= 0.3 is 0 Å². The van der Waals surface area contributed by atoms with Crippen molar-refractivity contribution in [3.63, 3.8) is 0 Å². The third kappa shape index (κ3) is 1.12. The van der Waals surface area contributed by atoms with Crippen molar-refractivity contribution < 1.29 is 4.74 Å². The molecule has 2 heterocycles. The van der Waals surface area contributed by atoms with Crippen LogP contribution in [0.4, 0.5) is 5.69 Å². The number of hydrogen-bond donors (Lipinski definition) is 1. The second-order valence-corrected chi connectivity index (χ2v) is 5.11. The Hall–Kier alpha value is -1.22. The maximum atomic E-state index is 5.32. The lowest BCUT2D eigenvalue weighted by atomic mass is 9.81. The number of hydrogen-bond acceptors (Lipinski definition) is 3. The zero-order valence-electron chi connectivity index (χ0n) is 10.1. The second kappa shape index (κ2) is 3.14. The van der Waals surface area contributed by atoms with E-state index in [9.17, 15) is 0 Å². The number of nitrogens with one attached hydrogen (secondary N) is 1. The molecule has 16 heavy (non-hydrogen) atoms.